The van der Waals surface area contributed by atoms with Gasteiger partial charge in [-0.2, -0.15) is 0 Å². The van der Waals surface area contributed by atoms with Crippen LogP contribution in [0.25, 0.3) is 11.1 Å². The van der Waals surface area contributed by atoms with Crippen molar-refractivity contribution in [2.24, 2.45) is 0 Å². The zero-order valence-corrected chi connectivity index (χ0v) is 12.3. The number of carbonyl (C=O) groups excluding carboxylic acids is 1. The highest BCUT2D eigenvalue weighted by Crippen LogP contribution is 2.23. The van der Waals surface area contributed by atoms with E-state index < -0.39 is 0 Å². The summed E-state index contributed by atoms with van der Waals surface area (Å²) >= 11 is 0. The van der Waals surface area contributed by atoms with Gasteiger partial charge in [-0.1, -0.05) is 25.5 Å². The van der Waals surface area contributed by atoms with Gasteiger partial charge in [0.05, 0.1) is 19.3 Å². The number of ether oxygens (including phenoxy) is 2. The minimum atomic E-state index is -0.385. The van der Waals surface area contributed by atoms with Gasteiger partial charge in [0.2, 0.25) is 0 Å². The molecule has 0 aliphatic carbocycles. The van der Waals surface area contributed by atoms with Gasteiger partial charge in [0.15, 0.2) is 0 Å². The maximum atomic E-state index is 11.5. The number of esters is 1. The second-order valence-corrected chi connectivity index (χ2v) is 4.68. The first-order chi connectivity index (χ1) is 10.2. The number of rotatable bonds is 6. The smallest absolute Gasteiger partial charge is 0.339 e. The van der Waals surface area contributed by atoms with Crippen molar-refractivity contribution in [1.82, 2.24) is 4.98 Å². The second kappa shape index (κ2) is 7.43. The quantitative estimate of drug-likeness (QED) is 0.599. The first-order valence-corrected chi connectivity index (χ1v) is 7.01. The van der Waals surface area contributed by atoms with Crippen molar-refractivity contribution in [2.45, 2.75) is 19.8 Å². The number of methoxy groups -OCH3 is 1. The standard InChI is InChI=1S/C17H19NO3/c1-3-4-9-21-16-7-5-13(6-8-16)14-10-15(12-18-11-14)17(19)20-2/h5-8,10-12H,3-4,9H2,1-2H3. The molecule has 0 spiro atoms. The van der Waals surface area contributed by atoms with Crippen LogP contribution in [0.4, 0.5) is 0 Å². The molecule has 21 heavy (non-hydrogen) atoms. The summed E-state index contributed by atoms with van der Waals surface area (Å²) in [7, 11) is 1.36. The molecule has 2 aromatic rings. The molecule has 0 N–H and O–H groups in total. The molecule has 0 fully saturated rings. The highest BCUT2D eigenvalue weighted by Gasteiger charge is 2.07. The largest absolute Gasteiger partial charge is 0.494 e. The van der Waals surface area contributed by atoms with Crippen molar-refractivity contribution in [2.75, 3.05) is 13.7 Å². The van der Waals surface area contributed by atoms with Crippen LogP contribution in [0.3, 0.4) is 0 Å². The van der Waals surface area contributed by atoms with Gasteiger partial charge in [-0.05, 0) is 30.2 Å². The summed E-state index contributed by atoms with van der Waals surface area (Å²) < 4.78 is 10.3. The lowest BCUT2D eigenvalue weighted by atomic mass is 10.1. The maximum absolute atomic E-state index is 11.5. The van der Waals surface area contributed by atoms with Crippen molar-refractivity contribution in [3.8, 4) is 16.9 Å². The van der Waals surface area contributed by atoms with Gasteiger partial charge in [-0.3, -0.25) is 4.98 Å². The fraction of sp³-hybridized carbons (Fsp3) is 0.294. The van der Waals surface area contributed by atoms with Gasteiger partial charge >= 0.3 is 5.97 Å². The SMILES string of the molecule is CCCCOc1ccc(-c2cncc(C(=O)OC)c2)cc1. The average molecular weight is 285 g/mol. The van der Waals surface area contributed by atoms with E-state index in [2.05, 4.69) is 11.9 Å². The number of carbonyl (C=O) groups is 1. The molecule has 4 nitrogen and oxygen atoms in total. The van der Waals surface area contributed by atoms with E-state index in [-0.39, 0.29) is 5.97 Å². The Labute approximate surface area is 124 Å². The monoisotopic (exact) mass is 285 g/mol. The fourth-order valence-electron chi connectivity index (χ4n) is 1.91. The Balaban J connectivity index is 2.13. The van der Waals surface area contributed by atoms with Gasteiger partial charge in [0.1, 0.15) is 5.75 Å². The molecular weight excluding hydrogens is 266 g/mol. The minimum Gasteiger partial charge on any atom is -0.494 e. The van der Waals surface area contributed by atoms with E-state index in [0.717, 1.165) is 36.3 Å². The summed E-state index contributed by atoms with van der Waals surface area (Å²) in [6, 6.07) is 9.54. The summed E-state index contributed by atoms with van der Waals surface area (Å²) in [4.78, 5) is 15.6. The molecule has 110 valence electrons. The zero-order valence-electron chi connectivity index (χ0n) is 12.3. The Bertz CT molecular complexity index is 593. The number of unbranched alkanes of at least 4 members (excludes halogenated alkanes) is 1. The molecule has 2 rings (SSSR count). The fourth-order valence-corrected chi connectivity index (χ4v) is 1.91. The third-order valence-electron chi connectivity index (χ3n) is 3.11. The van der Waals surface area contributed by atoms with Gasteiger partial charge in [-0.15, -0.1) is 0 Å². The van der Waals surface area contributed by atoms with Gasteiger partial charge in [0, 0.05) is 18.0 Å². The molecule has 0 amide bonds. The Hall–Kier alpha value is -2.36. The highest BCUT2D eigenvalue weighted by atomic mass is 16.5. The Morgan fingerprint density at radius 1 is 1.14 bits per heavy atom. The molecule has 1 aromatic heterocycles. The number of hydrogen-bond acceptors (Lipinski definition) is 4. The molecule has 4 heteroatoms. The number of benzene rings is 1. The van der Waals surface area contributed by atoms with E-state index in [9.17, 15) is 4.79 Å². The molecule has 0 aliphatic rings. The Kier molecular flexibility index (Phi) is 5.32. The number of aromatic nitrogens is 1. The lowest BCUT2D eigenvalue weighted by Gasteiger charge is -2.07. The zero-order chi connectivity index (χ0) is 15.1. The van der Waals surface area contributed by atoms with Gasteiger partial charge in [-0.25, -0.2) is 4.79 Å². The topological polar surface area (TPSA) is 48.4 Å². The molecule has 1 aromatic carbocycles. The third-order valence-corrected chi connectivity index (χ3v) is 3.11. The first kappa shape index (κ1) is 15.0. The van der Waals surface area contributed by atoms with E-state index >= 15 is 0 Å². The Morgan fingerprint density at radius 3 is 2.57 bits per heavy atom. The van der Waals surface area contributed by atoms with Crippen molar-refractivity contribution < 1.29 is 14.3 Å². The molecule has 0 atom stereocenters. The van der Waals surface area contributed by atoms with Gasteiger partial charge < -0.3 is 9.47 Å². The summed E-state index contributed by atoms with van der Waals surface area (Å²) in [5, 5.41) is 0. The summed E-state index contributed by atoms with van der Waals surface area (Å²) in [6.45, 7) is 2.86. The molecule has 0 radical (unpaired) electrons. The van der Waals surface area contributed by atoms with Crippen LogP contribution in [0.1, 0.15) is 30.1 Å². The van der Waals surface area contributed by atoms with Crippen molar-refractivity contribution in [3.05, 3.63) is 48.3 Å². The predicted octanol–water partition coefficient (Wildman–Crippen LogP) is 3.71. The molecule has 0 aliphatic heterocycles. The molecule has 0 bridgehead atoms. The average Bonchev–Trinajstić information content (AvgIpc) is 2.55. The normalized spacial score (nSPS) is 10.2. The third kappa shape index (κ3) is 4.05. The van der Waals surface area contributed by atoms with Crippen molar-refractivity contribution >= 4 is 5.97 Å². The van der Waals surface area contributed by atoms with Gasteiger partial charge in [0.25, 0.3) is 0 Å². The van der Waals surface area contributed by atoms with Crippen LogP contribution >= 0.6 is 0 Å². The number of hydrogen-bond donors (Lipinski definition) is 0. The number of pyridine rings is 1. The molecular formula is C17H19NO3. The highest BCUT2D eigenvalue weighted by molar-refractivity contribution is 5.90. The molecule has 0 saturated carbocycles. The Morgan fingerprint density at radius 2 is 1.90 bits per heavy atom. The first-order valence-electron chi connectivity index (χ1n) is 7.01. The van der Waals surface area contributed by atoms with Crippen molar-refractivity contribution in [1.29, 1.82) is 0 Å². The van der Waals surface area contributed by atoms with E-state index in [1.165, 1.54) is 13.3 Å². The second-order valence-electron chi connectivity index (χ2n) is 4.68. The summed E-state index contributed by atoms with van der Waals surface area (Å²) in [5.74, 6) is 0.466. The van der Waals surface area contributed by atoms with Crippen LogP contribution in [-0.4, -0.2) is 24.7 Å². The molecule has 0 saturated heterocycles. The predicted molar refractivity (Wildman–Crippen MR) is 81.4 cm³/mol. The van der Waals surface area contributed by atoms with E-state index in [1.54, 1.807) is 12.3 Å². The van der Waals surface area contributed by atoms with E-state index in [0.29, 0.717) is 5.56 Å². The molecule has 0 unspecified atom stereocenters. The van der Waals surface area contributed by atoms with Crippen LogP contribution in [0.15, 0.2) is 42.7 Å². The summed E-state index contributed by atoms with van der Waals surface area (Å²) in [6.07, 6.45) is 5.38. The van der Waals surface area contributed by atoms with Crippen LogP contribution in [0, 0.1) is 0 Å². The minimum absolute atomic E-state index is 0.385. The van der Waals surface area contributed by atoms with E-state index in [4.69, 9.17) is 9.47 Å². The van der Waals surface area contributed by atoms with E-state index in [1.807, 2.05) is 24.3 Å². The van der Waals surface area contributed by atoms with Crippen LogP contribution in [-0.2, 0) is 4.74 Å². The number of nitrogens with zero attached hydrogens (tertiary/aromatic N) is 1. The lowest BCUT2D eigenvalue weighted by molar-refractivity contribution is 0.0600. The summed E-state index contributed by atoms with van der Waals surface area (Å²) in [5.41, 5.74) is 2.30. The van der Waals surface area contributed by atoms with Crippen molar-refractivity contribution in [3.63, 3.8) is 0 Å². The van der Waals surface area contributed by atoms with Crippen LogP contribution in [0.5, 0.6) is 5.75 Å². The van der Waals surface area contributed by atoms with Crippen LogP contribution < -0.4 is 4.74 Å². The lowest BCUT2D eigenvalue weighted by Crippen LogP contribution is -2.01. The molecule has 1 heterocycles. The van der Waals surface area contributed by atoms with Crippen LogP contribution in [0.2, 0.25) is 0 Å². The maximum Gasteiger partial charge on any atom is 0.339 e.